The molecule has 0 aliphatic carbocycles. The largest absolute Gasteiger partial charge is 0.496 e. The number of benzene rings is 1. The van der Waals surface area contributed by atoms with Crippen LogP contribution in [0.25, 0.3) is 0 Å². The molecule has 0 fully saturated rings. The standard InChI is InChI=1S/C10H14BrNO2/c1-14-9-4-2-3-7(11)10(9)8(13)5-6-12/h2-4,8,13H,5-6,12H2,1H3/t8-/m0/s1. The predicted molar refractivity (Wildman–Crippen MR) is 59.3 cm³/mol. The molecule has 3 nitrogen and oxygen atoms in total. The van der Waals surface area contributed by atoms with Crippen LogP contribution in [0.1, 0.15) is 18.1 Å². The summed E-state index contributed by atoms with van der Waals surface area (Å²) in [5.74, 6) is 0.681. The molecule has 0 aliphatic heterocycles. The van der Waals surface area contributed by atoms with Gasteiger partial charge in [0.1, 0.15) is 5.75 Å². The highest BCUT2D eigenvalue weighted by Crippen LogP contribution is 2.33. The summed E-state index contributed by atoms with van der Waals surface area (Å²) in [5.41, 5.74) is 6.16. The van der Waals surface area contributed by atoms with Crippen molar-refractivity contribution >= 4 is 15.9 Å². The van der Waals surface area contributed by atoms with Crippen molar-refractivity contribution in [3.05, 3.63) is 28.2 Å². The highest BCUT2D eigenvalue weighted by molar-refractivity contribution is 9.10. The number of methoxy groups -OCH3 is 1. The van der Waals surface area contributed by atoms with Crippen molar-refractivity contribution in [2.45, 2.75) is 12.5 Å². The summed E-state index contributed by atoms with van der Waals surface area (Å²) >= 11 is 3.38. The third-order valence-electron chi connectivity index (χ3n) is 2.01. The smallest absolute Gasteiger partial charge is 0.125 e. The average molecular weight is 260 g/mol. The molecule has 14 heavy (non-hydrogen) atoms. The van der Waals surface area contributed by atoms with E-state index in [1.54, 1.807) is 7.11 Å². The number of aliphatic hydroxyl groups excluding tert-OH is 1. The van der Waals surface area contributed by atoms with Gasteiger partial charge in [-0.05, 0) is 25.1 Å². The molecule has 0 radical (unpaired) electrons. The Balaban J connectivity index is 3.03. The lowest BCUT2D eigenvalue weighted by atomic mass is 10.1. The zero-order valence-electron chi connectivity index (χ0n) is 8.03. The van der Waals surface area contributed by atoms with Crippen molar-refractivity contribution < 1.29 is 9.84 Å². The molecule has 0 amide bonds. The van der Waals surface area contributed by atoms with Crippen molar-refractivity contribution in [1.82, 2.24) is 0 Å². The van der Waals surface area contributed by atoms with Crippen LogP contribution in [0.4, 0.5) is 0 Å². The predicted octanol–water partition coefficient (Wildman–Crippen LogP) is 1.84. The van der Waals surface area contributed by atoms with E-state index in [2.05, 4.69) is 15.9 Å². The lowest BCUT2D eigenvalue weighted by molar-refractivity contribution is 0.165. The first-order valence-electron chi connectivity index (χ1n) is 4.41. The van der Waals surface area contributed by atoms with E-state index in [0.717, 1.165) is 10.0 Å². The van der Waals surface area contributed by atoms with Gasteiger partial charge in [0.05, 0.1) is 13.2 Å². The minimum atomic E-state index is -0.578. The highest BCUT2D eigenvalue weighted by atomic mass is 79.9. The molecule has 1 aromatic carbocycles. The zero-order chi connectivity index (χ0) is 10.6. The van der Waals surface area contributed by atoms with Crippen LogP contribution in [0.5, 0.6) is 5.75 Å². The molecule has 0 aliphatic rings. The third kappa shape index (κ3) is 2.47. The van der Waals surface area contributed by atoms with E-state index >= 15 is 0 Å². The fourth-order valence-corrected chi connectivity index (χ4v) is 1.93. The van der Waals surface area contributed by atoms with Crippen molar-refractivity contribution in [2.24, 2.45) is 5.73 Å². The number of halogens is 1. The first kappa shape index (κ1) is 11.5. The van der Waals surface area contributed by atoms with Gasteiger partial charge < -0.3 is 15.6 Å². The average Bonchev–Trinajstić information content (AvgIpc) is 2.17. The summed E-state index contributed by atoms with van der Waals surface area (Å²) in [6.07, 6.45) is -0.0515. The van der Waals surface area contributed by atoms with Crippen LogP contribution in [0.3, 0.4) is 0 Å². The Morgan fingerprint density at radius 1 is 1.57 bits per heavy atom. The molecule has 1 aromatic rings. The van der Waals surface area contributed by atoms with Gasteiger partial charge in [0.25, 0.3) is 0 Å². The van der Waals surface area contributed by atoms with Crippen LogP contribution in [-0.4, -0.2) is 18.8 Å². The lowest BCUT2D eigenvalue weighted by Gasteiger charge is -2.15. The Morgan fingerprint density at radius 3 is 2.86 bits per heavy atom. The molecule has 0 aromatic heterocycles. The van der Waals surface area contributed by atoms with E-state index in [0.29, 0.717) is 18.7 Å². The third-order valence-corrected chi connectivity index (χ3v) is 2.70. The molecule has 0 bridgehead atoms. The van der Waals surface area contributed by atoms with Crippen molar-refractivity contribution in [1.29, 1.82) is 0 Å². The normalized spacial score (nSPS) is 12.6. The molecular formula is C10H14BrNO2. The fraction of sp³-hybridized carbons (Fsp3) is 0.400. The fourth-order valence-electron chi connectivity index (χ4n) is 1.32. The quantitative estimate of drug-likeness (QED) is 0.868. The minimum absolute atomic E-state index is 0.450. The Kier molecular flexibility index (Phi) is 4.38. The SMILES string of the molecule is COc1cccc(Br)c1[C@@H](O)CCN. The first-order valence-corrected chi connectivity index (χ1v) is 5.20. The summed E-state index contributed by atoms with van der Waals surface area (Å²) < 4.78 is 6.01. The number of rotatable bonds is 4. The maximum absolute atomic E-state index is 9.82. The van der Waals surface area contributed by atoms with Crippen LogP contribution in [0, 0.1) is 0 Å². The van der Waals surface area contributed by atoms with Crippen molar-refractivity contribution in [2.75, 3.05) is 13.7 Å². The van der Waals surface area contributed by atoms with Gasteiger partial charge in [0.15, 0.2) is 0 Å². The van der Waals surface area contributed by atoms with E-state index in [-0.39, 0.29) is 0 Å². The molecule has 0 heterocycles. The number of nitrogens with two attached hydrogens (primary N) is 1. The molecule has 0 saturated carbocycles. The lowest BCUT2D eigenvalue weighted by Crippen LogP contribution is -2.08. The van der Waals surface area contributed by atoms with E-state index in [1.165, 1.54) is 0 Å². The Bertz CT molecular complexity index is 304. The number of ether oxygens (including phenoxy) is 1. The maximum Gasteiger partial charge on any atom is 0.125 e. The van der Waals surface area contributed by atoms with Gasteiger partial charge >= 0.3 is 0 Å². The Hall–Kier alpha value is -0.580. The van der Waals surface area contributed by atoms with E-state index < -0.39 is 6.10 Å². The Labute approximate surface area is 92.0 Å². The van der Waals surface area contributed by atoms with Crippen LogP contribution >= 0.6 is 15.9 Å². The number of aliphatic hydroxyl groups is 1. The minimum Gasteiger partial charge on any atom is -0.496 e. The molecule has 78 valence electrons. The number of hydrogen-bond acceptors (Lipinski definition) is 3. The van der Waals surface area contributed by atoms with Gasteiger partial charge in [-0.3, -0.25) is 0 Å². The van der Waals surface area contributed by atoms with E-state index in [4.69, 9.17) is 10.5 Å². The molecular weight excluding hydrogens is 246 g/mol. The molecule has 0 unspecified atom stereocenters. The molecule has 0 spiro atoms. The van der Waals surface area contributed by atoms with E-state index in [1.807, 2.05) is 18.2 Å². The van der Waals surface area contributed by atoms with Gasteiger partial charge in [-0.25, -0.2) is 0 Å². The summed E-state index contributed by atoms with van der Waals surface area (Å²) in [7, 11) is 1.58. The van der Waals surface area contributed by atoms with Crippen LogP contribution in [-0.2, 0) is 0 Å². The second-order valence-corrected chi connectivity index (χ2v) is 3.80. The molecule has 1 rings (SSSR count). The molecule has 3 N–H and O–H groups in total. The topological polar surface area (TPSA) is 55.5 Å². The van der Waals surface area contributed by atoms with Gasteiger partial charge in [-0.15, -0.1) is 0 Å². The van der Waals surface area contributed by atoms with Crippen LogP contribution in [0.2, 0.25) is 0 Å². The van der Waals surface area contributed by atoms with Crippen molar-refractivity contribution in [3.8, 4) is 5.75 Å². The Morgan fingerprint density at radius 2 is 2.29 bits per heavy atom. The zero-order valence-corrected chi connectivity index (χ0v) is 9.62. The number of hydrogen-bond donors (Lipinski definition) is 2. The van der Waals surface area contributed by atoms with Gasteiger partial charge in [-0.1, -0.05) is 22.0 Å². The first-order chi connectivity index (χ1) is 6.70. The highest BCUT2D eigenvalue weighted by Gasteiger charge is 2.15. The second-order valence-electron chi connectivity index (χ2n) is 2.95. The maximum atomic E-state index is 9.82. The van der Waals surface area contributed by atoms with Crippen molar-refractivity contribution in [3.63, 3.8) is 0 Å². The summed E-state index contributed by atoms with van der Waals surface area (Å²) in [6, 6.07) is 5.55. The molecule has 1 atom stereocenters. The second kappa shape index (κ2) is 5.34. The summed E-state index contributed by atoms with van der Waals surface area (Å²) in [5, 5.41) is 9.82. The van der Waals surface area contributed by atoms with Crippen LogP contribution < -0.4 is 10.5 Å². The van der Waals surface area contributed by atoms with E-state index in [9.17, 15) is 5.11 Å². The van der Waals surface area contributed by atoms with Gasteiger partial charge in [-0.2, -0.15) is 0 Å². The van der Waals surface area contributed by atoms with Crippen LogP contribution in [0.15, 0.2) is 22.7 Å². The molecule has 4 heteroatoms. The van der Waals surface area contributed by atoms with Gasteiger partial charge in [0.2, 0.25) is 0 Å². The summed E-state index contributed by atoms with van der Waals surface area (Å²) in [6.45, 7) is 0.450. The van der Waals surface area contributed by atoms with Gasteiger partial charge in [0, 0.05) is 10.0 Å². The monoisotopic (exact) mass is 259 g/mol. The molecule has 0 saturated heterocycles. The summed E-state index contributed by atoms with van der Waals surface area (Å²) in [4.78, 5) is 0.